The summed E-state index contributed by atoms with van der Waals surface area (Å²) in [5.41, 5.74) is 0.483. The molecule has 3 nitrogen and oxygen atoms in total. The van der Waals surface area contributed by atoms with Crippen LogP contribution < -0.4 is 4.74 Å². The highest BCUT2D eigenvalue weighted by atomic mass is 35.5. The van der Waals surface area contributed by atoms with Gasteiger partial charge in [-0.25, -0.2) is 0 Å². The number of benzene rings is 1. The molecule has 0 saturated heterocycles. The minimum absolute atomic E-state index is 0.289. The zero-order chi connectivity index (χ0) is 13.2. The Kier molecular flexibility index (Phi) is 7.46. The molecule has 0 aliphatic heterocycles. The fourth-order valence-electron chi connectivity index (χ4n) is 1.59. The number of carbonyl (C=O) groups is 1. The summed E-state index contributed by atoms with van der Waals surface area (Å²) in [7, 11) is 0. The highest BCUT2D eigenvalue weighted by Gasteiger charge is 2.04. The number of aliphatic hydroxyl groups is 1. The van der Waals surface area contributed by atoms with Crippen LogP contribution in [0.5, 0.6) is 5.75 Å². The predicted molar refractivity (Wildman–Crippen MR) is 72.5 cm³/mol. The van der Waals surface area contributed by atoms with Gasteiger partial charge in [-0.05, 0) is 25.0 Å². The lowest BCUT2D eigenvalue weighted by Gasteiger charge is -2.07. The topological polar surface area (TPSA) is 46.5 Å². The number of alkyl halides is 1. The minimum Gasteiger partial charge on any atom is -0.494 e. The van der Waals surface area contributed by atoms with Gasteiger partial charge in [0.05, 0.1) is 6.61 Å². The van der Waals surface area contributed by atoms with Crippen molar-refractivity contribution in [1.82, 2.24) is 0 Å². The molecule has 18 heavy (non-hydrogen) atoms. The molecule has 0 unspecified atom stereocenters. The predicted octanol–water partition coefficient (Wildman–Crippen LogP) is 3.04. The van der Waals surface area contributed by atoms with E-state index in [1.54, 1.807) is 18.2 Å². The first-order chi connectivity index (χ1) is 8.77. The van der Waals surface area contributed by atoms with E-state index in [-0.39, 0.29) is 5.78 Å². The molecular formula is C14H19ClO3. The Bertz CT molecular complexity index is 366. The molecule has 0 atom stereocenters. The van der Waals surface area contributed by atoms with E-state index in [1.165, 1.54) is 0 Å². The lowest BCUT2D eigenvalue weighted by Crippen LogP contribution is -2.05. The Morgan fingerprint density at radius 3 is 2.72 bits per heavy atom. The van der Waals surface area contributed by atoms with Crippen LogP contribution in [0.2, 0.25) is 0 Å². The Balaban J connectivity index is 2.32. The van der Waals surface area contributed by atoms with E-state index in [1.807, 2.05) is 6.07 Å². The molecule has 1 aromatic carbocycles. The molecule has 1 rings (SSSR count). The number of unbranched alkanes of at least 4 members (excludes halogenated alkanes) is 3. The molecule has 1 N–H and O–H groups in total. The fourth-order valence-corrected chi connectivity index (χ4v) is 1.78. The molecule has 0 spiro atoms. The summed E-state index contributed by atoms with van der Waals surface area (Å²) in [6.45, 7) is 0.168. The summed E-state index contributed by atoms with van der Waals surface area (Å²) in [5.74, 6) is 1.10. The highest BCUT2D eigenvalue weighted by Crippen LogP contribution is 2.14. The first kappa shape index (κ1) is 15.0. The zero-order valence-electron chi connectivity index (χ0n) is 10.4. The van der Waals surface area contributed by atoms with Crippen molar-refractivity contribution in [3.05, 3.63) is 29.8 Å². The second-order valence-electron chi connectivity index (χ2n) is 4.06. The molecule has 1 aromatic rings. The number of rotatable bonds is 9. The van der Waals surface area contributed by atoms with Gasteiger partial charge in [0.25, 0.3) is 0 Å². The SMILES string of the molecule is O=C(CO)c1cccc(OCCCCCCCl)c1. The maximum atomic E-state index is 11.3. The van der Waals surface area contributed by atoms with Gasteiger partial charge in [-0.2, -0.15) is 0 Å². The monoisotopic (exact) mass is 270 g/mol. The molecule has 0 aliphatic carbocycles. The summed E-state index contributed by atoms with van der Waals surface area (Å²) in [4.78, 5) is 11.3. The van der Waals surface area contributed by atoms with Gasteiger partial charge < -0.3 is 9.84 Å². The Morgan fingerprint density at radius 1 is 1.22 bits per heavy atom. The van der Waals surface area contributed by atoms with Crippen molar-refractivity contribution >= 4 is 17.4 Å². The molecule has 0 bridgehead atoms. The molecule has 0 radical (unpaired) electrons. The maximum absolute atomic E-state index is 11.3. The van der Waals surface area contributed by atoms with Crippen molar-refractivity contribution in [3.8, 4) is 5.75 Å². The van der Waals surface area contributed by atoms with Crippen molar-refractivity contribution in [2.75, 3.05) is 19.1 Å². The van der Waals surface area contributed by atoms with Gasteiger partial charge in [0.2, 0.25) is 0 Å². The number of ketones is 1. The number of hydrogen-bond acceptors (Lipinski definition) is 3. The molecule has 0 fully saturated rings. The largest absolute Gasteiger partial charge is 0.494 e. The molecule has 0 saturated carbocycles. The molecule has 4 heteroatoms. The van der Waals surface area contributed by atoms with E-state index < -0.39 is 6.61 Å². The summed E-state index contributed by atoms with van der Waals surface area (Å²) < 4.78 is 5.55. The molecule has 0 amide bonds. The smallest absolute Gasteiger partial charge is 0.188 e. The van der Waals surface area contributed by atoms with Gasteiger partial charge in [0.15, 0.2) is 5.78 Å². The number of carbonyl (C=O) groups excluding carboxylic acids is 1. The van der Waals surface area contributed by atoms with Crippen LogP contribution in [-0.2, 0) is 0 Å². The summed E-state index contributed by atoms with van der Waals surface area (Å²) in [6.07, 6.45) is 4.25. The van der Waals surface area contributed by atoms with E-state index in [4.69, 9.17) is 21.4 Å². The molecule has 100 valence electrons. The van der Waals surface area contributed by atoms with E-state index in [0.29, 0.717) is 23.8 Å². The second-order valence-corrected chi connectivity index (χ2v) is 4.44. The van der Waals surface area contributed by atoms with Gasteiger partial charge in [-0.3, -0.25) is 4.79 Å². The van der Waals surface area contributed by atoms with Gasteiger partial charge in [0, 0.05) is 11.4 Å². The van der Waals surface area contributed by atoms with Crippen molar-refractivity contribution in [1.29, 1.82) is 0 Å². The number of Topliss-reactive ketones (excluding diaryl/α,β-unsaturated/α-hetero) is 1. The van der Waals surface area contributed by atoms with Crippen LogP contribution in [0.3, 0.4) is 0 Å². The van der Waals surface area contributed by atoms with Crippen LogP contribution in [0, 0.1) is 0 Å². The minimum atomic E-state index is -0.470. The van der Waals surface area contributed by atoms with E-state index >= 15 is 0 Å². The van der Waals surface area contributed by atoms with Crippen LogP contribution in [0.4, 0.5) is 0 Å². The second kappa shape index (κ2) is 8.95. The average Bonchev–Trinajstić information content (AvgIpc) is 2.42. The number of halogens is 1. The lowest BCUT2D eigenvalue weighted by molar-refractivity contribution is 0.0903. The highest BCUT2D eigenvalue weighted by molar-refractivity contribution is 6.17. The number of hydrogen-bond donors (Lipinski definition) is 1. The Labute approximate surface area is 113 Å². The third kappa shape index (κ3) is 5.52. The summed E-state index contributed by atoms with van der Waals surface area (Å²) in [5, 5.41) is 8.77. The quantitative estimate of drug-likeness (QED) is 0.426. The molecule has 0 heterocycles. The van der Waals surface area contributed by atoms with Gasteiger partial charge >= 0.3 is 0 Å². The zero-order valence-corrected chi connectivity index (χ0v) is 11.2. The van der Waals surface area contributed by atoms with Gasteiger partial charge in [-0.1, -0.05) is 25.0 Å². The normalized spacial score (nSPS) is 10.3. The van der Waals surface area contributed by atoms with Crippen LogP contribution in [-0.4, -0.2) is 30.0 Å². The van der Waals surface area contributed by atoms with Crippen LogP contribution >= 0.6 is 11.6 Å². The first-order valence-electron chi connectivity index (χ1n) is 6.21. The third-order valence-electron chi connectivity index (χ3n) is 2.60. The molecule has 0 aromatic heterocycles. The lowest BCUT2D eigenvalue weighted by atomic mass is 10.1. The van der Waals surface area contributed by atoms with Gasteiger partial charge in [0.1, 0.15) is 12.4 Å². The van der Waals surface area contributed by atoms with Crippen LogP contribution in [0.15, 0.2) is 24.3 Å². The maximum Gasteiger partial charge on any atom is 0.188 e. The molecule has 0 aliphatic rings. The van der Waals surface area contributed by atoms with Crippen molar-refractivity contribution in [3.63, 3.8) is 0 Å². The average molecular weight is 271 g/mol. The standard InChI is InChI=1S/C14H19ClO3/c15-8-3-1-2-4-9-18-13-7-5-6-12(10-13)14(17)11-16/h5-7,10,16H,1-4,8-9,11H2. The fraction of sp³-hybridized carbons (Fsp3) is 0.500. The number of aliphatic hydroxyl groups excluding tert-OH is 1. The van der Waals surface area contributed by atoms with Crippen LogP contribution in [0.1, 0.15) is 36.0 Å². The number of ether oxygens (including phenoxy) is 1. The van der Waals surface area contributed by atoms with E-state index in [9.17, 15) is 4.79 Å². The van der Waals surface area contributed by atoms with Crippen molar-refractivity contribution in [2.24, 2.45) is 0 Å². The first-order valence-corrected chi connectivity index (χ1v) is 6.74. The van der Waals surface area contributed by atoms with Gasteiger partial charge in [-0.15, -0.1) is 11.6 Å². The summed E-state index contributed by atoms with van der Waals surface area (Å²) in [6, 6.07) is 6.90. The van der Waals surface area contributed by atoms with Crippen molar-refractivity contribution in [2.45, 2.75) is 25.7 Å². The van der Waals surface area contributed by atoms with E-state index in [0.717, 1.165) is 25.7 Å². The third-order valence-corrected chi connectivity index (χ3v) is 2.86. The van der Waals surface area contributed by atoms with Crippen molar-refractivity contribution < 1.29 is 14.6 Å². The molecular weight excluding hydrogens is 252 g/mol. The Morgan fingerprint density at radius 2 is 2.00 bits per heavy atom. The van der Waals surface area contributed by atoms with Crippen LogP contribution in [0.25, 0.3) is 0 Å². The Hall–Kier alpha value is -1.06. The summed E-state index contributed by atoms with van der Waals surface area (Å²) >= 11 is 5.59. The van der Waals surface area contributed by atoms with E-state index in [2.05, 4.69) is 0 Å².